The molecule has 0 spiro atoms. The zero-order valence-electron chi connectivity index (χ0n) is 16.4. The zero-order valence-corrected chi connectivity index (χ0v) is 16.4. The van der Waals surface area contributed by atoms with E-state index in [2.05, 4.69) is 10.6 Å². The molecule has 0 aliphatic rings. The van der Waals surface area contributed by atoms with Gasteiger partial charge in [-0.15, -0.1) is 0 Å². The highest BCUT2D eigenvalue weighted by atomic mass is 19.1. The van der Waals surface area contributed by atoms with Crippen LogP contribution in [0.5, 0.6) is 11.5 Å². The van der Waals surface area contributed by atoms with Gasteiger partial charge in [-0.25, -0.2) is 4.39 Å². The van der Waals surface area contributed by atoms with Gasteiger partial charge < -0.3 is 20.1 Å². The Balaban J connectivity index is 1.46. The van der Waals surface area contributed by atoms with Gasteiger partial charge in [0.15, 0.2) is 6.61 Å². The van der Waals surface area contributed by atoms with Crippen LogP contribution >= 0.6 is 0 Å². The minimum atomic E-state index is -0.508. The molecule has 0 unspecified atom stereocenters. The van der Waals surface area contributed by atoms with Crippen LogP contribution in [-0.2, 0) is 11.3 Å². The highest BCUT2D eigenvalue weighted by Crippen LogP contribution is 2.16. The van der Waals surface area contributed by atoms with Gasteiger partial charge in [-0.3, -0.25) is 9.59 Å². The second-order valence-corrected chi connectivity index (χ2v) is 6.37. The predicted octanol–water partition coefficient (Wildman–Crippen LogP) is 3.78. The average Bonchev–Trinajstić information content (AvgIpc) is 2.78. The third-order valence-corrected chi connectivity index (χ3v) is 4.26. The topological polar surface area (TPSA) is 76.7 Å². The number of amides is 2. The Hall–Kier alpha value is -3.87. The first-order chi connectivity index (χ1) is 14.5. The molecule has 3 aromatic rings. The Kier molecular flexibility index (Phi) is 7.00. The summed E-state index contributed by atoms with van der Waals surface area (Å²) in [6, 6.07) is 19.5. The molecule has 0 atom stereocenters. The largest absolute Gasteiger partial charge is 0.497 e. The maximum absolute atomic E-state index is 13.6. The normalized spacial score (nSPS) is 10.2. The van der Waals surface area contributed by atoms with Gasteiger partial charge in [0.05, 0.1) is 12.8 Å². The number of para-hydroxylation sites is 1. The molecule has 0 saturated heterocycles. The second kappa shape index (κ2) is 10.1. The zero-order chi connectivity index (χ0) is 21.3. The van der Waals surface area contributed by atoms with E-state index in [1.807, 2.05) is 24.3 Å². The molecule has 7 heteroatoms. The molecule has 3 aromatic carbocycles. The number of hydrogen-bond donors (Lipinski definition) is 2. The SMILES string of the molecule is COc1ccc(CNC(=O)COc2ccc(C(=O)Nc3ccccc3F)cc2)cc1. The minimum absolute atomic E-state index is 0.108. The van der Waals surface area contributed by atoms with E-state index in [4.69, 9.17) is 9.47 Å². The Morgan fingerprint density at radius 2 is 1.57 bits per heavy atom. The highest BCUT2D eigenvalue weighted by Gasteiger charge is 2.09. The van der Waals surface area contributed by atoms with Crippen molar-refractivity contribution in [2.75, 3.05) is 19.0 Å². The standard InChI is InChI=1S/C23H21FN2O4/c1-29-18-10-6-16(7-11-18)14-25-22(27)15-30-19-12-8-17(9-13-19)23(28)26-21-5-3-2-4-20(21)24/h2-13H,14-15H2,1H3,(H,25,27)(H,26,28). The third kappa shape index (κ3) is 5.81. The number of ether oxygens (including phenoxy) is 2. The van der Waals surface area contributed by atoms with Gasteiger partial charge in [0.25, 0.3) is 11.8 Å². The van der Waals surface area contributed by atoms with Crippen molar-refractivity contribution < 1.29 is 23.5 Å². The van der Waals surface area contributed by atoms with Gasteiger partial charge in [-0.05, 0) is 54.1 Å². The number of benzene rings is 3. The van der Waals surface area contributed by atoms with Gasteiger partial charge in [0.2, 0.25) is 0 Å². The van der Waals surface area contributed by atoms with Crippen LogP contribution in [0.2, 0.25) is 0 Å². The van der Waals surface area contributed by atoms with E-state index in [0.29, 0.717) is 17.9 Å². The first kappa shape index (κ1) is 20.9. The maximum atomic E-state index is 13.6. The van der Waals surface area contributed by atoms with Crippen LogP contribution in [0.4, 0.5) is 10.1 Å². The minimum Gasteiger partial charge on any atom is -0.497 e. The van der Waals surface area contributed by atoms with Crippen LogP contribution in [0.3, 0.4) is 0 Å². The molecule has 0 heterocycles. The van der Waals surface area contributed by atoms with Crippen LogP contribution in [-0.4, -0.2) is 25.5 Å². The van der Waals surface area contributed by atoms with Crippen molar-refractivity contribution in [2.45, 2.75) is 6.54 Å². The molecule has 154 valence electrons. The molecule has 30 heavy (non-hydrogen) atoms. The van der Waals surface area contributed by atoms with Crippen LogP contribution in [0.15, 0.2) is 72.8 Å². The molecule has 0 aromatic heterocycles. The Morgan fingerprint density at radius 1 is 0.900 bits per heavy atom. The monoisotopic (exact) mass is 408 g/mol. The molecule has 3 rings (SSSR count). The number of carbonyl (C=O) groups is 2. The van der Waals surface area contributed by atoms with E-state index in [0.717, 1.165) is 11.3 Å². The Bertz CT molecular complexity index is 1000. The third-order valence-electron chi connectivity index (χ3n) is 4.26. The molecular weight excluding hydrogens is 387 g/mol. The lowest BCUT2D eigenvalue weighted by molar-refractivity contribution is -0.123. The summed E-state index contributed by atoms with van der Waals surface area (Å²) in [6.45, 7) is 0.221. The van der Waals surface area contributed by atoms with E-state index in [-0.39, 0.29) is 18.2 Å². The van der Waals surface area contributed by atoms with Gasteiger partial charge >= 0.3 is 0 Å². The first-order valence-corrected chi connectivity index (χ1v) is 9.23. The van der Waals surface area contributed by atoms with Gasteiger partial charge in [0.1, 0.15) is 17.3 Å². The van der Waals surface area contributed by atoms with Crippen molar-refractivity contribution in [3.8, 4) is 11.5 Å². The summed E-state index contributed by atoms with van der Waals surface area (Å²) in [5.41, 5.74) is 1.39. The van der Waals surface area contributed by atoms with Gasteiger partial charge in [-0.2, -0.15) is 0 Å². The fourth-order valence-electron chi connectivity index (χ4n) is 2.60. The lowest BCUT2D eigenvalue weighted by Crippen LogP contribution is -2.28. The summed E-state index contributed by atoms with van der Waals surface area (Å²) >= 11 is 0. The van der Waals surface area contributed by atoms with Gasteiger partial charge in [-0.1, -0.05) is 24.3 Å². The Morgan fingerprint density at radius 3 is 2.23 bits per heavy atom. The predicted molar refractivity (Wildman–Crippen MR) is 111 cm³/mol. The van der Waals surface area contributed by atoms with Crippen molar-refractivity contribution in [3.63, 3.8) is 0 Å². The quantitative estimate of drug-likeness (QED) is 0.595. The van der Waals surface area contributed by atoms with Crippen LogP contribution < -0.4 is 20.1 Å². The smallest absolute Gasteiger partial charge is 0.258 e. The number of rotatable bonds is 8. The molecule has 0 bridgehead atoms. The summed E-state index contributed by atoms with van der Waals surface area (Å²) in [5.74, 6) is -0.0287. The van der Waals surface area contributed by atoms with Crippen molar-refractivity contribution in [1.82, 2.24) is 5.32 Å². The van der Waals surface area contributed by atoms with Crippen molar-refractivity contribution in [2.24, 2.45) is 0 Å². The maximum Gasteiger partial charge on any atom is 0.258 e. The first-order valence-electron chi connectivity index (χ1n) is 9.23. The van der Waals surface area contributed by atoms with E-state index < -0.39 is 11.7 Å². The fraction of sp³-hybridized carbons (Fsp3) is 0.130. The molecule has 0 fully saturated rings. The summed E-state index contributed by atoms with van der Waals surface area (Å²) in [7, 11) is 1.59. The second-order valence-electron chi connectivity index (χ2n) is 6.37. The van der Waals surface area contributed by atoms with E-state index >= 15 is 0 Å². The molecule has 0 radical (unpaired) electrons. The van der Waals surface area contributed by atoms with E-state index in [9.17, 15) is 14.0 Å². The lowest BCUT2D eigenvalue weighted by atomic mass is 10.2. The molecule has 2 amide bonds. The number of nitrogens with one attached hydrogen (secondary N) is 2. The van der Waals surface area contributed by atoms with Gasteiger partial charge in [0, 0.05) is 12.1 Å². The van der Waals surface area contributed by atoms with E-state index in [1.54, 1.807) is 43.5 Å². The lowest BCUT2D eigenvalue weighted by Gasteiger charge is -2.09. The number of hydrogen-bond acceptors (Lipinski definition) is 4. The summed E-state index contributed by atoms with van der Waals surface area (Å²) in [6.07, 6.45) is 0. The average molecular weight is 408 g/mol. The molecule has 0 saturated carbocycles. The van der Waals surface area contributed by atoms with Crippen LogP contribution in [0, 0.1) is 5.82 Å². The van der Waals surface area contributed by atoms with Crippen molar-refractivity contribution in [3.05, 3.63) is 89.7 Å². The van der Waals surface area contributed by atoms with Crippen LogP contribution in [0.1, 0.15) is 15.9 Å². The number of halogens is 1. The molecule has 2 N–H and O–H groups in total. The van der Waals surface area contributed by atoms with E-state index in [1.165, 1.54) is 12.1 Å². The van der Waals surface area contributed by atoms with Crippen LogP contribution in [0.25, 0.3) is 0 Å². The molecular formula is C23H21FN2O4. The number of carbonyl (C=O) groups excluding carboxylic acids is 2. The molecule has 0 aliphatic heterocycles. The summed E-state index contributed by atoms with van der Waals surface area (Å²) in [4.78, 5) is 24.2. The highest BCUT2D eigenvalue weighted by molar-refractivity contribution is 6.04. The fourth-order valence-corrected chi connectivity index (χ4v) is 2.60. The molecule has 6 nitrogen and oxygen atoms in total. The summed E-state index contributed by atoms with van der Waals surface area (Å²) < 4.78 is 24.2. The summed E-state index contributed by atoms with van der Waals surface area (Å²) in [5, 5.41) is 5.27. The number of anilines is 1. The van der Waals surface area contributed by atoms with Crippen molar-refractivity contribution >= 4 is 17.5 Å². The Labute approximate surface area is 173 Å². The molecule has 0 aliphatic carbocycles. The van der Waals surface area contributed by atoms with Crippen molar-refractivity contribution in [1.29, 1.82) is 0 Å². The number of methoxy groups -OCH3 is 1.